The number of nitrogens with two attached hydrogens (primary N) is 1. The summed E-state index contributed by atoms with van der Waals surface area (Å²) in [7, 11) is 0. The van der Waals surface area contributed by atoms with Gasteiger partial charge < -0.3 is 10.5 Å². The number of benzene rings is 1. The number of hydrogen-bond acceptors (Lipinski definition) is 6. The number of nitrogens with zero attached hydrogens (tertiary/aromatic N) is 5. The second kappa shape index (κ2) is 6.04. The normalized spacial score (nSPS) is 11.0. The van der Waals surface area contributed by atoms with E-state index < -0.39 is 0 Å². The molecule has 0 saturated carbocycles. The Kier molecular flexibility index (Phi) is 3.78. The van der Waals surface area contributed by atoms with E-state index in [4.69, 9.17) is 10.5 Å². The molecule has 0 spiro atoms. The van der Waals surface area contributed by atoms with E-state index in [1.54, 1.807) is 31.0 Å². The predicted molar refractivity (Wildman–Crippen MR) is 82.9 cm³/mol. The maximum Gasteiger partial charge on any atom is 0.237 e. The van der Waals surface area contributed by atoms with Crippen LogP contribution in [0.25, 0.3) is 0 Å². The van der Waals surface area contributed by atoms with Crippen molar-refractivity contribution in [3.8, 4) is 11.6 Å². The van der Waals surface area contributed by atoms with Crippen LogP contribution in [-0.2, 0) is 0 Å². The molecule has 22 heavy (non-hydrogen) atoms. The fourth-order valence-electron chi connectivity index (χ4n) is 1.81. The molecule has 0 radical (unpaired) electrons. The van der Waals surface area contributed by atoms with Crippen LogP contribution in [0.15, 0.2) is 54.2 Å². The fraction of sp³-hybridized carbons (Fsp3) is 0.0667. The summed E-state index contributed by atoms with van der Waals surface area (Å²) in [5.74, 6) is 1.48. The second-order valence-electron chi connectivity index (χ2n) is 4.54. The summed E-state index contributed by atoms with van der Waals surface area (Å²) >= 11 is 0. The number of imidazole rings is 1. The first-order valence-electron chi connectivity index (χ1n) is 6.60. The minimum Gasteiger partial charge on any atom is -0.438 e. The Balaban J connectivity index is 1.70. The van der Waals surface area contributed by atoms with Gasteiger partial charge in [0.25, 0.3) is 0 Å². The van der Waals surface area contributed by atoms with Crippen LogP contribution >= 0.6 is 0 Å². The highest BCUT2D eigenvalue weighted by Crippen LogP contribution is 2.18. The minimum atomic E-state index is 0.358. The monoisotopic (exact) mass is 294 g/mol. The van der Waals surface area contributed by atoms with E-state index in [0.717, 1.165) is 11.3 Å². The van der Waals surface area contributed by atoms with Crippen LogP contribution in [0.4, 0.5) is 5.95 Å². The SMILES string of the molecule is Cc1cn(N=Cc2ccc(Oc3cnccn3)cc2)c(N)n1. The van der Waals surface area contributed by atoms with Gasteiger partial charge in [-0.3, -0.25) is 4.98 Å². The average molecular weight is 294 g/mol. The van der Waals surface area contributed by atoms with Crippen LogP contribution in [0.2, 0.25) is 0 Å². The van der Waals surface area contributed by atoms with Crippen LogP contribution in [-0.4, -0.2) is 25.8 Å². The molecular formula is C15H14N6O. The molecule has 0 aliphatic carbocycles. The van der Waals surface area contributed by atoms with Crippen LogP contribution < -0.4 is 10.5 Å². The molecule has 1 aromatic carbocycles. The number of hydrogen-bond donors (Lipinski definition) is 1. The van der Waals surface area contributed by atoms with Crippen molar-refractivity contribution in [2.24, 2.45) is 5.10 Å². The van der Waals surface area contributed by atoms with Gasteiger partial charge in [0.05, 0.1) is 24.3 Å². The molecule has 7 heteroatoms. The molecule has 0 aliphatic heterocycles. The maximum absolute atomic E-state index is 5.72. The van der Waals surface area contributed by atoms with Crippen molar-refractivity contribution >= 4 is 12.2 Å². The largest absolute Gasteiger partial charge is 0.438 e. The number of anilines is 1. The Bertz CT molecular complexity index is 780. The topological polar surface area (TPSA) is 91.2 Å². The molecule has 2 heterocycles. The maximum atomic E-state index is 5.72. The zero-order chi connectivity index (χ0) is 15.4. The number of nitrogen functional groups attached to an aromatic ring is 1. The standard InChI is InChI=1S/C15H14N6O/c1-11-10-21(15(16)20-11)19-8-12-2-4-13(5-3-12)22-14-9-17-6-7-18-14/h2-10H,1H3,(H2,16,20). The van der Waals surface area contributed by atoms with Crippen LogP contribution in [0.1, 0.15) is 11.3 Å². The Morgan fingerprint density at radius 2 is 2.05 bits per heavy atom. The molecule has 2 aromatic heterocycles. The Morgan fingerprint density at radius 3 is 2.68 bits per heavy atom. The quantitative estimate of drug-likeness (QED) is 0.745. The molecule has 0 bridgehead atoms. The molecule has 0 unspecified atom stereocenters. The molecule has 0 saturated heterocycles. The summed E-state index contributed by atoms with van der Waals surface area (Å²) in [5, 5.41) is 4.25. The molecular weight excluding hydrogens is 280 g/mol. The van der Waals surface area contributed by atoms with Crippen molar-refractivity contribution in [2.45, 2.75) is 6.92 Å². The lowest BCUT2D eigenvalue weighted by molar-refractivity contribution is 0.460. The number of aryl methyl sites for hydroxylation is 1. The van der Waals surface area contributed by atoms with Gasteiger partial charge in [0, 0.05) is 12.4 Å². The number of rotatable bonds is 4. The first-order chi connectivity index (χ1) is 10.7. The third-order valence-corrected chi connectivity index (χ3v) is 2.81. The number of aromatic nitrogens is 4. The van der Waals surface area contributed by atoms with Gasteiger partial charge in [-0.1, -0.05) is 0 Å². The molecule has 0 amide bonds. The summed E-state index contributed by atoms with van der Waals surface area (Å²) in [4.78, 5) is 12.1. The molecule has 3 rings (SSSR count). The highest BCUT2D eigenvalue weighted by atomic mass is 16.5. The molecule has 0 atom stereocenters. The van der Waals surface area contributed by atoms with Crippen molar-refractivity contribution in [2.75, 3.05) is 5.73 Å². The van der Waals surface area contributed by atoms with Crippen molar-refractivity contribution in [1.29, 1.82) is 0 Å². The fourth-order valence-corrected chi connectivity index (χ4v) is 1.81. The third kappa shape index (κ3) is 3.26. The van der Waals surface area contributed by atoms with Crippen LogP contribution in [0.3, 0.4) is 0 Å². The van der Waals surface area contributed by atoms with Crippen molar-refractivity contribution in [3.63, 3.8) is 0 Å². The number of ether oxygens (including phenoxy) is 1. The van der Waals surface area contributed by atoms with Crippen molar-refractivity contribution in [3.05, 3.63) is 60.3 Å². The van der Waals surface area contributed by atoms with Gasteiger partial charge in [0.1, 0.15) is 5.75 Å². The highest BCUT2D eigenvalue weighted by molar-refractivity contribution is 5.79. The van der Waals surface area contributed by atoms with Gasteiger partial charge in [-0.25, -0.2) is 14.6 Å². The zero-order valence-electron chi connectivity index (χ0n) is 11.9. The second-order valence-corrected chi connectivity index (χ2v) is 4.54. The predicted octanol–water partition coefficient (Wildman–Crippen LogP) is 2.24. The van der Waals surface area contributed by atoms with Gasteiger partial charge >= 0.3 is 0 Å². The Hall–Kier alpha value is -3.22. The van der Waals surface area contributed by atoms with E-state index in [0.29, 0.717) is 17.6 Å². The van der Waals surface area contributed by atoms with Gasteiger partial charge in [0.2, 0.25) is 11.8 Å². The first kappa shape index (κ1) is 13.7. The smallest absolute Gasteiger partial charge is 0.237 e. The van der Waals surface area contributed by atoms with Crippen LogP contribution in [0.5, 0.6) is 11.6 Å². The summed E-state index contributed by atoms with van der Waals surface area (Å²) in [6.45, 7) is 1.86. The lowest BCUT2D eigenvalue weighted by Crippen LogP contribution is -1.97. The van der Waals surface area contributed by atoms with Gasteiger partial charge in [-0.05, 0) is 36.8 Å². The average Bonchev–Trinajstić information content (AvgIpc) is 2.85. The molecule has 110 valence electrons. The lowest BCUT2D eigenvalue weighted by atomic mass is 10.2. The van der Waals surface area contributed by atoms with Gasteiger partial charge in [-0.15, -0.1) is 0 Å². The highest BCUT2D eigenvalue weighted by Gasteiger charge is 2.00. The van der Waals surface area contributed by atoms with Crippen LogP contribution in [0, 0.1) is 6.92 Å². The molecule has 0 fully saturated rings. The Morgan fingerprint density at radius 1 is 1.23 bits per heavy atom. The van der Waals surface area contributed by atoms with E-state index in [2.05, 4.69) is 20.1 Å². The van der Waals surface area contributed by atoms with E-state index in [9.17, 15) is 0 Å². The van der Waals surface area contributed by atoms with E-state index in [-0.39, 0.29) is 0 Å². The van der Waals surface area contributed by atoms with E-state index in [1.165, 1.54) is 4.68 Å². The lowest BCUT2D eigenvalue weighted by Gasteiger charge is -2.03. The molecule has 7 nitrogen and oxygen atoms in total. The third-order valence-electron chi connectivity index (χ3n) is 2.81. The minimum absolute atomic E-state index is 0.358. The molecule has 2 N–H and O–H groups in total. The zero-order valence-corrected chi connectivity index (χ0v) is 11.9. The van der Waals surface area contributed by atoms with Crippen molar-refractivity contribution in [1.82, 2.24) is 19.6 Å². The Labute approximate surface area is 127 Å². The summed E-state index contributed by atoms with van der Waals surface area (Å²) in [6.07, 6.45) is 8.18. The van der Waals surface area contributed by atoms with E-state index in [1.807, 2.05) is 31.2 Å². The molecule has 0 aliphatic rings. The van der Waals surface area contributed by atoms with Gasteiger partial charge in [0.15, 0.2) is 0 Å². The summed E-state index contributed by atoms with van der Waals surface area (Å²) in [6, 6.07) is 7.43. The first-order valence-corrected chi connectivity index (χ1v) is 6.60. The van der Waals surface area contributed by atoms with Gasteiger partial charge in [-0.2, -0.15) is 5.10 Å². The van der Waals surface area contributed by atoms with E-state index >= 15 is 0 Å². The summed E-state index contributed by atoms with van der Waals surface area (Å²) < 4.78 is 7.09. The summed E-state index contributed by atoms with van der Waals surface area (Å²) in [5.41, 5.74) is 7.46. The molecule has 3 aromatic rings. The van der Waals surface area contributed by atoms with Crippen molar-refractivity contribution < 1.29 is 4.74 Å².